The van der Waals surface area contributed by atoms with Crippen molar-refractivity contribution >= 4 is 29.4 Å². The SMILES string of the molecule is CC1(C)[C@@H]2[C@@H](C(=O)N[C@@H](C[C@@H]3CCNC3=O)C(=O)COC(F)(F)F)N(C(=O)C(=O)NC3CC(F)(F)C3)C[C@@H]21. The predicted octanol–water partition coefficient (Wildman–Crippen LogP) is 0.500. The van der Waals surface area contributed by atoms with Crippen molar-refractivity contribution in [2.75, 3.05) is 19.7 Å². The fourth-order valence-corrected chi connectivity index (χ4v) is 5.87. The molecule has 4 aliphatic rings. The number of hydrogen-bond acceptors (Lipinski definition) is 6. The van der Waals surface area contributed by atoms with E-state index in [9.17, 15) is 45.9 Å². The van der Waals surface area contributed by atoms with Gasteiger partial charge in [0.2, 0.25) is 11.8 Å². The van der Waals surface area contributed by atoms with Crippen LogP contribution in [0.4, 0.5) is 22.0 Å². The van der Waals surface area contributed by atoms with E-state index >= 15 is 0 Å². The van der Waals surface area contributed by atoms with E-state index in [1.54, 1.807) is 0 Å². The molecule has 0 radical (unpaired) electrons. The number of fused-ring (bicyclic) bond motifs is 1. The van der Waals surface area contributed by atoms with E-state index in [1.165, 1.54) is 0 Å². The Morgan fingerprint density at radius 3 is 2.39 bits per heavy atom. The van der Waals surface area contributed by atoms with Crippen molar-refractivity contribution in [2.24, 2.45) is 23.2 Å². The van der Waals surface area contributed by atoms with Crippen LogP contribution in [-0.4, -0.2) is 84.4 Å². The Morgan fingerprint density at radius 1 is 1.18 bits per heavy atom. The minimum Gasteiger partial charge on any atom is -0.356 e. The standard InChI is InChI=1S/C23H29F5N4O6/c1-21(2)12-8-32(20(37)19(36)30-11-6-22(24,25)7-11)16(15(12)21)18(35)31-13(5-10-3-4-29-17(10)34)14(33)9-38-23(26,27)28/h10-13,15-16H,3-9H2,1-2H3,(H,29,34)(H,30,36)(H,31,35)/t10-,12-,13-,15-,16-/m0/s1. The first-order chi connectivity index (χ1) is 17.5. The summed E-state index contributed by atoms with van der Waals surface area (Å²) in [6.07, 6.45) is -6.26. The predicted molar refractivity (Wildman–Crippen MR) is 117 cm³/mol. The van der Waals surface area contributed by atoms with Gasteiger partial charge in [0.15, 0.2) is 5.78 Å². The molecule has 2 saturated carbocycles. The third-order valence-electron chi connectivity index (χ3n) is 8.12. The zero-order valence-corrected chi connectivity index (χ0v) is 20.7. The molecule has 2 heterocycles. The molecular weight excluding hydrogens is 523 g/mol. The van der Waals surface area contributed by atoms with E-state index in [0.29, 0.717) is 13.0 Å². The highest BCUT2D eigenvalue weighted by molar-refractivity contribution is 6.35. The summed E-state index contributed by atoms with van der Waals surface area (Å²) in [5.41, 5.74) is -0.393. The van der Waals surface area contributed by atoms with Crippen molar-refractivity contribution in [1.29, 1.82) is 0 Å². The second kappa shape index (κ2) is 9.72. The number of hydrogen-bond donors (Lipinski definition) is 3. The van der Waals surface area contributed by atoms with Crippen molar-refractivity contribution in [3.8, 4) is 0 Å². The quantitative estimate of drug-likeness (QED) is 0.297. The summed E-state index contributed by atoms with van der Waals surface area (Å²) in [5.74, 6) is -8.82. The van der Waals surface area contributed by atoms with Crippen LogP contribution in [0, 0.1) is 23.2 Å². The number of halogens is 5. The van der Waals surface area contributed by atoms with E-state index in [2.05, 4.69) is 20.7 Å². The number of ether oxygens (including phenoxy) is 1. The number of ketones is 1. The van der Waals surface area contributed by atoms with Gasteiger partial charge in [-0.2, -0.15) is 0 Å². The van der Waals surface area contributed by atoms with E-state index < -0.39 is 96.5 Å². The summed E-state index contributed by atoms with van der Waals surface area (Å²) >= 11 is 0. The third-order valence-corrected chi connectivity index (χ3v) is 8.12. The summed E-state index contributed by atoms with van der Waals surface area (Å²) in [5, 5.41) is 7.18. The first kappa shape index (κ1) is 28.2. The molecule has 0 bridgehead atoms. The molecule has 2 saturated heterocycles. The van der Waals surface area contributed by atoms with Crippen molar-refractivity contribution in [2.45, 2.75) is 69.9 Å². The van der Waals surface area contributed by atoms with Gasteiger partial charge in [0.05, 0.1) is 6.04 Å². The maximum Gasteiger partial charge on any atom is 0.522 e. The van der Waals surface area contributed by atoms with Crippen LogP contribution in [-0.2, 0) is 28.7 Å². The second-order valence-corrected chi connectivity index (χ2v) is 11.1. The van der Waals surface area contributed by atoms with Gasteiger partial charge in [-0.05, 0) is 30.1 Å². The fourth-order valence-electron chi connectivity index (χ4n) is 5.87. The number of carbonyl (C=O) groups excluding carboxylic acids is 5. The van der Waals surface area contributed by atoms with Crippen molar-refractivity contribution in [1.82, 2.24) is 20.9 Å². The smallest absolute Gasteiger partial charge is 0.356 e. The van der Waals surface area contributed by atoms with Crippen molar-refractivity contribution in [3.05, 3.63) is 0 Å². The number of piperidine rings is 1. The molecule has 0 spiro atoms. The van der Waals surface area contributed by atoms with Crippen LogP contribution in [0.3, 0.4) is 0 Å². The average Bonchev–Trinajstić information content (AvgIpc) is 3.15. The molecule has 5 atom stereocenters. The second-order valence-electron chi connectivity index (χ2n) is 11.1. The number of nitrogens with one attached hydrogen (secondary N) is 3. The van der Waals surface area contributed by atoms with Crippen LogP contribution in [0.2, 0.25) is 0 Å². The number of alkyl halides is 5. The van der Waals surface area contributed by atoms with Gasteiger partial charge in [-0.1, -0.05) is 13.8 Å². The number of nitrogens with zero attached hydrogens (tertiary/aromatic N) is 1. The number of amides is 4. The summed E-state index contributed by atoms with van der Waals surface area (Å²) in [4.78, 5) is 64.4. The highest BCUT2D eigenvalue weighted by Crippen LogP contribution is 2.64. The minimum atomic E-state index is -5.09. The van der Waals surface area contributed by atoms with E-state index in [4.69, 9.17) is 0 Å². The molecule has 4 fully saturated rings. The lowest BCUT2D eigenvalue weighted by Crippen LogP contribution is -2.58. The molecule has 15 heteroatoms. The number of rotatable bonds is 8. The maximum absolute atomic E-state index is 13.4. The Labute approximate surface area is 214 Å². The van der Waals surface area contributed by atoms with Gasteiger partial charge in [-0.25, -0.2) is 8.78 Å². The molecule has 4 rings (SSSR count). The van der Waals surface area contributed by atoms with Gasteiger partial charge >= 0.3 is 18.2 Å². The number of carbonyl (C=O) groups is 5. The Balaban J connectivity index is 1.47. The summed E-state index contributed by atoms with van der Waals surface area (Å²) in [7, 11) is 0. The van der Waals surface area contributed by atoms with Gasteiger partial charge in [0, 0.05) is 37.9 Å². The largest absolute Gasteiger partial charge is 0.522 e. The lowest BCUT2D eigenvalue weighted by atomic mass is 9.88. The molecule has 4 amide bonds. The number of likely N-dealkylation sites (tertiary alicyclic amines) is 1. The molecule has 2 aliphatic heterocycles. The Kier molecular flexibility index (Phi) is 7.21. The molecule has 38 heavy (non-hydrogen) atoms. The maximum atomic E-state index is 13.4. The molecular formula is C23H29F5N4O6. The van der Waals surface area contributed by atoms with Crippen molar-refractivity contribution in [3.63, 3.8) is 0 Å². The average molecular weight is 552 g/mol. The highest BCUT2D eigenvalue weighted by atomic mass is 19.4. The normalized spacial score (nSPS) is 30.1. The van der Waals surface area contributed by atoms with Crippen LogP contribution < -0.4 is 16.0 Å². The van der Waals surface area contributed by atoms with Gasteiger partial charge in [0.1, 0.15) is 12.6 Å². The lowest BCUT2D eigenvalue weighted by Gasteiger charge is -2.36. The van der Waals surface area contributed by atoms with Gasteiger partial charge in [-0.15, -0.1) is 13.2 Å². The first-order valence-electron chi connectivity index (χ1n) is 12.3. The topological polar surface area (TPSA) is 134 Å². The zero-order chi connectivity index (χ0) is 28.2. The molecule has 0 aromatic rings. The fraction of sp³-hybridized carbons (Fsp3) is 0.783. The third kappa shape index (κ3) is 5.76. The molecule has 0 unspecified atom stereocenters. The zero-order valence-electron chi connectivity index (χ0n) is 20.7. The van der Waals surface area contributed by atoms with Gasteiger partial charge in [-0.3, -0.25) is 28.7 Å². The summed E-state index contributed by atoms with van der Waals surface area (Å²) < 4.78 is 67.4. The molecule has 3 N–H and O–H groups in total. The minimum absolute atomic E-state index is 0.0314. The molecule has 2 aliphatic carbocycles. The lowest BCUT2D eigenvalue weighted by molar-refractivity contribution is -0.321. The van der Waals surface area contributed by atoms with Crippen LogP contribution in [0.1, 0.15) is 39.5 Å². The molecule has 10 nitrogen and oxygen atoms in total. The van der Waals surface area contributed by atoms with Crippen LogP contribution in [0.5, 0.6) is 0 Å². The van der Waals surface area contributed by atoms with Gasteiger partial charge in [0.25, 0.3) is 5.92 Å². The monoisotopic (exact) mass is 552 g/mol. The van der Waals surface area contributed by atoms with Crippen LogP contribution in [0.15, 0.2) is 0 Å². The van der Waals surface area contributed by atoms with E-state index in [0.717, 1.165) is 4.90 Å². The Morgan fingerprint density at radius 2 is 1.84 bits per heavy atom. The first-order valence-corrected chi connectivity index (χ1v) is 12.3. The Hall–Kier alpha value is -2.84. The van der Waals surface area contributed by atoms with E-state index in [-0.39, 0.29) is 18.9 Å². The number of Topliss-reactive ketones (excluding diaryl/α,β-unsaturated/α-hetero) is 1. The van der Waals surface area contributed by atoms with Crippen LogP contribution >= 0.6 is 0 Å². The highest BCUT2D eigenvalue weighted by Gasteiger charge is 2.69. The van der Waals surface area contributed by atoms with E-state index in [1.807, 2.05) is 13.8 Å². The summed E-state index contributed by atoms with van der Waals surface area (Å²) in [6, 6.07) is -3.61. The molecule has 0 aromatic carbocycles. The Bertz CT molecular complexity index is 1030. The molecule has 0 aromatic heterocycles. The summed E-state index contributed by atoms with van der Waals surface area (Å²) in [6.45, 7) is 2.65. The van der Waals surface area contributed by atoms with Crippen LogP contribution in [0.25, 0.3) is 0 Å². The van der Waals surface area contributed by atoms with Gasteiger partial charge < -0.3 is 20.9 Å². The van der Waals surface area contributed by atoms with Crippen molar-refractivity contribution < 1.29 is 50.7 Å². The molecule has 212 valence electrons.